The van der Waals surface area contributed by atoms with Crippen molar-refractivity contribution < 1.29 is 8.42 Å². The molecule has 5 nitrogen and oxygen atoms in total. The summed E-state index contributed by atoms with van der Waals surface area (Å²) in [5.41, 5.74) is 5.39. The Bertz CT molecular complexity index is 335. The largest absolute Gasteiger partial charge is 0.329 e. The smallest absolute Gasteiger partial charge is 0.215 e. The van der Waals surface area contributed by atoms with E-state index in [9.17, 15) is 8.42 Å². The van der Waals surface area contributed by atoms with Crippen molar-refractivity contribution in [2.24, 2.45) is 5.73 Å². The minimum atomic E-state index is -3.27. The van der Waals surface area contributed by atoms with Gasteiger partial charge in [-0.2, -0.15) is 0 Å². The second kappa shape index (κ2) is 5.65. The van der Waals surface area contributed by atoms with Crippen LogP contribution in [0.15, 0.2) is 0 Å². The van der Waals surface area contributed by atoms with Gasteiger partial charge in [0.25, 0.3) is 0 Å². The Kier molecular flexibility index (Phi) is 4.95. The van der Waals surface area contributed by atoms with Crippen LogP contribution in [0, 0.1) is 0 Å². The lowest BCUT2D eigenvalue weighted by Crippen LogP contribution is -2.52. The first-order chi connectivity index (χ1) is 7.84. The van der Waals surface area contributed by atoms with E-state index in [0.717, 1.165) is 12.8 Å². The molecule has 6 heteroatoms. The average Bonchev–Trinajstić information content (AvgIpc) is 2.75. The lowest BCUT2D eigenvalue weighted by molar-refractivity contribution is 0.161. The number of hydrogen-bond donors (Lipinski definition) is 2. The van der Waals surface area contributed by atoms with E-state index in [1.54, 1.807) is 6.92 Å². The summed E-state index contributed by atoms with van der Waals surface area (Å²) in [6.07, 6.45) is 4.46. The fourth-order valence-corrected chi connectivity index (χ4v) is 3.33. The van der Waals surface area contributed by atoms with Crippen molar-refractivity contribution in [1.82, 2.24) is 9.62 Å². The highest BCUT2D eigenvalue weighted by molar-refractivity contribution is 7.90. The molecule has 1 aliphatic rings. The molecule has 0 aromatic rings. The molecule has 1 unspecified atom stereocenters. The zero-order valence-corrected chi connectivity index (χ0v) is 11.9. The van der Waals surface area contributed by atoms with Crippen LogP contribution in [0.5, 0.6) is 0 Å². The number of hydrogen-bond acceptors (Lipinski definition) is 4. The van der Waals surface area contributed by atoms with Crippen LogP contribution in [0.2, 0.25) is 0 Å². The molecule has 0 saturated heterocycles. The second-order valence-corrected chi connectivity index (χ2v) is 7.42. The van der Waals surface area contributed by atoms with Gasteiger partial charge < -0.3 is 10.6 Å². The third kappa shape index (κ3) is 3.40. The maximum absolute atomic E-state index is 11.9. The normalized spacial score (nSPS) is 21.9. The first kappa shape index (κ1) is 14.9. The van der Waals surface area contributed by atoms with Gasteiger partial charge in [-0.15, -0.1) is 0 Å². The van der Waals surface area contributed by atoms with Gasteiger partial charge in [-0.05, 0) is 33.9 Å². The second-order valence-electron chi connectivity index (χ2n) is 5.24. The summed E-state index contributed by atoms with van der Waals surface area (Å²) < 4.78 is 26.5. The zero-order valence-electron chi connectivity index (χ0n) is 11.1. The monoisotopic (exact) mass is 263 g/mol. The summed E-state index contributed by atoms with van der Waals surface area (Å²) in [6.45, 7) is 2.29. The van der Waals surface area contributed by atoms with Crippen LogP contribution < -0.4 is 10.5 Å². The van der Waals surface area contributed by atoms with Gasteiger partial charge in [0.2, 0.25) is 10.0 Å². The van der Waals surface area contributed by atoms with E-state index >= 15 is 0 Å². The number of likely N-dealkylation sites (N-methyl/N-ethyl adjacent to an activating group) is 1. The predicted octanol–water partition coefficient (Wildman–Crippen LogP) is 0.127. The summed E-state index contributed by atoms with van der Waals surface area (Å²) in [6, 6.07) is 0. The molecule has 0 bridgehead atoms. The van der Waals surface area contributed by atoms with Crippen molar-refractivity contribution in [1.29, 1.82) is 0 Å². The van der Waals surface area contributed by atoms with Crippen LogP contribution in [-0.2, 0) is 10.0 Å². The third-order valence-electron chi connectivity index (χ3n) is 3.95. The standard InChI is InChI=1S/C11H25N3O2S/c1-10(8-12)17(15,16)13-9-11(14(2)3)6-4-5-7-11/h10,13H,4-9,12H2,1-3H3. The third-order valence-corrected chi connectivity index (χ3v) is 5.75. The van der Waals surface area contributed by atoms with Crippen molar-refractivity contribution in [3.8, 4) is 0 Å². The minimum absolute atomic E-state index is 0.0125. The van der Waals surface area contributed by atoms with Crippen LogP contribution >= 0.6 is 0 Å². The fourth-order valence-electron chi connectivity index (χ4n) is 2.32. The number of nitrogens with one attached hydrogen (secondary N) is 1. The van der Waals surface area contributed by atoms with Gasteiger partial charge in [-0.1, -0.05) is 12.8 Å². The van der Waals surface area contributed by atoms with E-state index in [-0.39, 0.29) is 12.1 Å². The first-order valence-corrected chi connectivity index (χ1v) is 7.75. The molecule has 1 fully saturated rings. The maximum Gasteiger partial charge on any atom is 0.215 e. The van der Waals surface area contributed by atoms with Crippen LogP contribution in [0.3, 0.4) is 0 Å². The molecule has 0 aliphatic heterocycles. The molecule has 1 aliphatic carbocycles. The van der Waals surface area contributed by atoms with Crippen molar-refractivity contribution in [2.75, 3.05) is 27.2 Å². The molecular formula is C11H25N3O2S. The minimum Gasteiger partial charge on any atom is -0.329 e. The molecule has 0 amide bonds. The van der Waals surface area contributed by atoms with E-state index in [4.69, 9.17) is 5.73 Å². The van der Waals surface area contributed by atoms with Crippen LogP contribution in [-0.4, -0.2) is 51.3 Å². The molecule has 0 radical (unpaired) electrons. The van der Waals surface area contributed by atoms with Gasteiger partial charge >= 0.3 is 0 Å². The number of sulfonamides is 1. The summed E-state index contributed by atoms with van der Waals surface area (Å²) >= 11 is 0. The fraction of sp³-hybridized carbons (Fsp3) is 1.00. The molecule has 1 atom stereocenters. The Morgan fingerprint density at radius 3 is 2.29 bits per heavy atom. The highest BCUT2D eigenvalue weighted by atomic mass is 32.2. The van der Waals surface area contributed by atoms with Crippen LogP contribution in [0.1, 0.15) is 32.6 Å². The maximum atomic E-state index is 11.9. The van der Waals surface area contributed by atoms with Crippen LogP contribution in [0.4, 0.5) is 0 Å². The van der Waals surface area contributed by atoms with Gasteiger partial charge in [-0.25, -0.2) is 13.1 Å². The molecule has 0 heterocycles. The Morgan fingerprint density at radius 1 is 1.35 bits per heavy atom. The molecule has 17 heavy (non-hydrogen) atoms. The Morgan fingerprint density at radius 2 is 1.88 bits per heavy atom. The lowest BCUT2D eigenvalue weighted by atomic mass is 9.97. The summed E-state index contributed by atoms with van der Waals surface area (Å²) in [5, 5.41) is -0.525. The molecule has 0 aromatic heterocycles. The number of nitrogens with two attached hydrogens (primary N) is 1. The van der Waals surface area contributed by atoms with E-state index in [2.05, 4.69) is 9.62 Å². The SMILES string of the molecule is CC(CN)S(=O)(=O)NCC1(N(C)C)CCCC1. The van der Waals surface area contributed by atoms with Crippen molar-refractivity contribution in [3.05, 3.63) is 0 Å². The topological polar surface area (TPSA) is 75.4 Å². The summed E-state index contributed by atoms with van der Waals surface area (Å²) in [5.74, 6) is 0. The molecule has 102 valence electrons. The molecule has 3 N–H and O–H groups in total. The van der Waals surface area contributed by atoms with Crippen molar-refractivity contribution in [2.45, 2.75) is 43.4 Å². The summed E-state index contributed by atoms with van der Waals surface area (Å²) in [4.78, 5) is 2.15. The zero-order chi connectivity index (χ0) is 13.1. The van der Waals surface area contributed by atoms with E-state index in [1.807, 2.05) is 14.1 Å². The Hall–Kier alpha value is -0.170. The lowest BCUT2D eigenvalue weighted by Gasteiger charge is -2.36. The molecule has 1 saturated carbocycles. The molecule has 0 aromatic carbocycles. The highest BCUT2D eigenvalue weighted by Crippen LogP contribution is 2.33. The molecule has 0 spiro atoms. The van der Waals surface area contributed by atoms with Crippen molar-refractivity contribution in [3.63, 3.8) is 0 Å². The Labute approximate surface area is 105 Å². The van der Waals surface area contributed by atoms with Gasteiger partial charge in [0.1, 0.15) is 0 Å². The van der Waals surface area contributed by atoms with Crippen LogP contribution in [0.25, 0.3) is 0 Å². The number of rotatable bonds is 6. The average molecular weight is 263 g/mol. The molecular weight excluding hydrogens is 238 g/mol. The first-order valence-electron chi connectivity index (χ1n) is 6.20. The quantitative estimate of drug-likeness (QED) is 0.714. The van der Waals surface area contributed by atoms with Gasteiger partial charge in [-0.3, -0.25) is 0 Å². The van der Waals surface area contributed by atoms with Gasteiger partial charge in [0.15, 0.2) is 0 Å². The van der Waals surface area contributed by atoms with Crippen molar-refractivity contribution >= 4 is 10.0 Å². The van der Waals surface area contributed by atoms with E-state index in [0.29, 0.717) is 6.54 Å². The van der Waals surface area contributed by atoms with E-state index < -0.39 is 15.3 Å². The predicted molar refractivity (Wildman–Crippen MR) is 70.3 cm³/mol. The van der Waals surface area contributed by atoms with E-state index in [1.165, 1.54) is 12.8 Å². The van der Waals surface area contributed by atoms with Gasteiger partial charge in [0.05, 0.1) is 5.25 Å². The van der Waals surface area contributed by atoms with Gasteiger partial charge in [0, 0.05) is 18.6 Å². The highest BCUT2D eigenvalue weighted by Gasteiger charge is 2.37. The Balaban J connectivity index is 2.65. The summed E-state index contributed by atoms with van der Waals surface area (Å²) in [7, 11) is 0.769. The molecule has 1 rings (SSSR count). The number of nitrogens with zero attached hydrogens (tertiary/aromatic N) is 1.